The van der Waals surface area contributed by atoms with Gasteiger partial charge in [-0.1, -0.05) is 25.3 Å². The lowest BCUT2D eigenvalue weighted by atomic mass is 10.0. The number of rotatable bonds is 9. The molecule has 154 valence electrons. The predicted octanol–water partition coefficient (Wildman–Crippen LogP) is 4.79. The molecular formula is C22H16F2O6. The molecule has 0 radical (unpaired) electrons. The summed E-state index contributed by atoms with van der Waals surface area (Å²) in [4.78, 5) is 21.7. The number of benzene rings is 2. The van der Waals surface area contributed by atoms with E-state index in [0.29, 0.717) is 11.3 Å². The molecule has 0 aliphatic rings. The second-order valence-corrected chi connectivity index (χ2v) is 5.35. The topological polar surface area (TPSA) is 71.1 Å². The van der Waals surface area contributed by atoms with Crippen molar-refractivity contribution in [3.8, 4) is 22.6 Å². The van der Waals surface area contributed by atoms with E-state index in [0.717, 1.165) is 49.3 Å². The van der Waals surface area contributed by atoms with Gasteiger partial charge in [0.05, 0.1) is 0 Å². The molecule has 0 bridgehead atoms. The molecule has 0 N–H and O–H groups in total. The molecule has 0 heterocycles. The van der Waals surface area contributed by atoms with Crippen molar-refractivity contribution in [2.45, 2.75) is 0 Å². The van der Waals surface area contributed by atoms with E-state index in [1.165, 1.54) is 24.3 Å². The maximum atomic E-state index is 14.4. The minimum atomic E-state index is -0.821. The summed E-state index contributed by atoms with van der Waals surface area (Å²) >= 11 is 0. The fraction of sp³-hybridized carbons (Fsp3) is 0. The van der Waals surface area contributed by atoms with Crippen molar-refractivity contribution in [3.05, 3.63) is 98.4 Å². The van der Waals surface area contributed by atoms with Gasteiger partial charge in [0.25, 0.3) is 0 Å². The molecule has 2 rings (SSSR count). The largest absolute Gasteiger partial charge is 0.462 e. The summed E-state index contributed by atoms with van der Waals surface area (Å²) in [6.45, 7) is 6.45. The van der Waals surface area contributed by atoms with Crippen LogP contribution in [-0.4, -0.2) is 11.9 Å². The van der Waals surface area contributed by atoms with Crippen molar-refractivity contribution >= 4 is 11.9 Å². The van der Waals surface area contributed by atoms with Crippen LogP contribution in [0.2, 0.25) is 0 Å². The number of esters is 2. The fourth-order valence-corrected chi connectivity index (χ4v) is 2.05. The van der Waals surface area contributed by atoms with Gasteiger partial charge < -0.3 is 18.9 Å². The van der Waals surface area contributed by atoms with Crippen LogP contribution in [0.5, 0.6) is 11.5 Å². The minimum absolute atomic E-state index is 0.00363. The van der Waals surface area contributed by atoms with Crippen molar-refractivity contribution in [2.24, 2.45) is 0 Å². The maximum Gasteiger partial charge on any atom is 0.335 e. The van der Waals surface area contributed by atoms with Gasteiger partial charge in [-0.05, 0) is 23.8 Å². The number of carbonyl (C=O) groups is 2. The molecular weight excluding hydrogens is 398 g/mol. The van der Waals surface area contributed by atoms with Gasteiger partial charge in [0.1, 0.15) is 36.6 Å². The molecule has 0 saturated heterocycles. The fourth-order valence-electron chi connectivity index (χ4n) is 2.05. The van der Waals surface area contributed by atoms with E-state index in [9.17, 15) is 18.4 Å². The summed E-state index contributed by atoms with van der Waals surface area (Å²) in [6, 6.07) is 7.92. The molecule has 0 aliphatic carbocycles. The quantitative estimate of drug-likeness (QED) is 0.334. The van der Waals surface area contributed by atoms with Crippen LogP contribution in [0.25, 0.3) is 11.1 Å². The van der Waals surface area contributed by atoms with Crippen molar-refractivity contribution in [2.75, 3.05) is 0 Å². The lowest BCUT2D eigenvalue weighted by Gasteiger charge is -2.08. The molecule has 0 aromatic heterocycles. The van der Waals surface area contributed by atoms with Gasteiger partial charge in [0, 0.05) is 23.8 Å². The molecule has 30 heavy (non-hydrogen) atoms. The third-order valence-electron chi connectivity index (χ3n) is 3.40. The van der Waals surface area contributed by atoms with Crippen LogP contribution in [0.1, 0.15) is 0 Å². The Kier molecular flexibility index (Phi) is 8.07. The SMILES string of the molecule is C=CC(=O)OC=COc1ccc(-c2cc(F)c(OC=COC(=O)C=C)cc2F)cc1. The zero-order chi connectivity index (χ0) is 21.9. The number of hydrogen-bond donors (Lipinski definition) is 0. The van der Waals surface area contributed by atoms with Gasteiger partial charge in [0.2, 0.25) is 0 Å². The number of ether oxygens (including phenoxy) is 4. The van der Waals surface area contributed by atoms with E-state index in [2.05, 4.69) is 22.6 Å². The normalized spacial score (nSPS) is 10.6. The molecule has 0 unspecified atom stereocenters. The first kappa shape index (κ1) is 22.1. The summed E-state index contributed by atoms with van der Waals surface area (Å²) in [5, 5.41) is 0. The van der Waals surface area contributed by atoms with Crippen LogP contribution < -0.4 is 9.47 Å². The van der Waals surface area contributed by atoms with Gasteiger partial charge >= 0.3 is 11.9 Å². The van der Waals surface area contributed by atoms with Crippen LogP contribution in [0.4, 0.5) is 8.78 Å². The average molecular weight is 414 g/mol. The Hall–Kier alpha value is -4.20. The van der Waals surface area contributed by atoms with Crippen molar-refractivity contribution < 1.29 is 37.3 Å². The molecule has 0 amide bonds. The smallest absolute Gasteiger partial charge is 0.335 e. The van der Waals surface area contributed by atoms with Gasteiger partial charge in [-0.2, -0.15) is 0 Å². The van der Waals surface area contributed by atoms with Crippen LogP contribution in [0, 0.1) is 11.6 Å². The van der Waals surface area contributed by atoms with Gasteiger partial charge in [-0.15, -0.1) is 0 Å². The van der Waals surface area contributed by atoms with Crippen LogP contribution in [-0.2, 0) is 19.1 Å². The predicted molar refractivity (Wildman–Crippen MR) is 104 cm³/mol. The van der Waals surface area contributed by atoms with Gasteiger partial charge in [-0.3, -0.25) is 0 Å². The molecule has 0 aliphatic heterocycles. The first-order valence-electron chi connectivity index (χ1n) is 8.33. The molecule has 6 nitrogen and oxygen atoms in total. The highest BCUT2D eigenvalue weighted by atomic mass is 19.1. The third kappa shape index (κ3) is 6.45. The maximum absolute atomic E-state index is 14.4. The summed E-state index contributed by atoms with van der Waals surface area (Å²) in [7, 11) is 0. The highest BCUT2D eigenvalue weighted by Gasteiger charge is 2.12. The second-order valence-electron chi connectivity index (χ2n) is 5.35. The van der Waals surface area contributed by atoms with E-state index in [1.807, 2.05) is 0 Å². The molecule has 0 saturated carbocycles. The minimum Gasteiger partial charge on any atom is -0.462 e. The zero-order valence-electron chi connectivity index (χ0n) is 15.5. The van der Waals surface area contributed by atoms with E-state index in [1.54, 1.807) is 0 Å². The molecule has 8 heteroatoms. The summed E-state index contributed by atoms with van der Waals surface area (Å²) in [5.74, 6) is -2.92. The van der Waals surface area contributed by atoms with Crippen LogP contribution in [0.15, 0.2) is 86.8 Å². The molecule has 2 aromatic carbocycles. The first-order chi connectivity index (χ1) is 14.4. The Balaban J connectivity index is 2.06. The zero-order valence-corrected chi connectivity index (χ0v) is 15.5. The molecule has 0 spiro atoms. The Morgan fingerprint density at radius 1 is 0.767 bits per heavy atom. The third-order valence-corrected chi connectivity index (χ3v) is 3.40. The highest BCUT2D eigenvalue weighted by Crippen LogP contribution is 2.30. The number of carbonyl (C=O) groups excluding carboxylic acids is 2. The Morgan fingerprint density at radius 2 is 1.33 bits per heavy atom. The highest BCUT2D eigenvalue weighted by molar-refractivity contribution is 5.82. The monoisotopic (exact) mass is 414 g/mol. The molecule has 2 aromatic rings. The van der Waals surface area contributed by atoms with E-state index < -0.39 is 23.6 Å². The van der Waals surface area contributed by atoms with E-state index in [4.69, 9.17) is 9.47 Å². The first-order valence-corrected chi connectivity index (χ1v) is 8.33. The lowest BCUT2D eigenvalue weighted by molar-refractivity contribution is -0.133. The van der Waals surface area contributed by atoms with Gasteiger partial charge in [-0.25, -0.2) is 18.4 Å². The van der Waals surface area contributed by atoms with Crippen molar-refractivity contribution in [3.63, 3.8) is 0 Å². The van der Waals surface area contributed by atoms with Crippen LogP contribution in [0.3, 0.4) is 0 Å². The standard InChI is InChI=1S/C22H16F2O6/c1-3-21(25)29-11-9-27-16-7-5-15(6-8-16)17-13-19(24)20(14-18(17)23)28-10-12-30-22(26)4-2/h3-14H,1-2H2. The average Bonchev–Trinajstić information content (AvgIpc) is 2.76. The Morgan fingerprint density at radius 3 is 1.90 bits per heavy atom. The summed E-state index contributed by atoms with van der Waals surface area (Å²) in [6.07, 6.45) is 5.88. The Labute approximate surface area is 170 Å². The summed E-state index contributed by atoms with van der Waals surface area (Å²) < 4.78 is 47.9. The van der Waals surface area contributed by atoms with Gasteiger partial charge in [0.15, 0.2) is 11.6 Å². The van der Waals surface area contributed by atoms with E-state index in [-0.39, 0.29) is 11.3 Å². The lowest BCUT2D eigenvalue weighted by Crippen LogP contribution is -1.95. The summed E-state index contributed by atoms with van der Waals surface area (Å²) in [5.41, 5.74) is 0.395. The second kappa shape index (κ2) is 11.0. The van der Waals surface area contributed by atoms with Crippen LogP contribution >= 0.6 is 0 Å². The molecule has 0 atom stereocenters. The number of halogens is 2. The van der Waals surface area contributed by atoms with E-state index >= 15 is 0 Å². The van der Waals surface area contributed by atoms with Crippen molar-refractivity contribution in [1.29, 1.82) is 0 Å². The Bertz CT molecular complexity index is 993. The number of hydrogen-bond acceptors (Lipinski definition) is 6. The molecule has 0 fully saturated rings. The van der Waals surface area contributed by atoms with Crippen molar-refractivity contribution in [1.82, 2.24) is 0 Å².